The Bertz CT molecular complexity index is 551. The van der Waals surface area contributed by atoms with E-state index in [1.165, 1.54) is 18.6 Å². The molecular formula is C10H6F2N2O. The number of halogens is 2. The summed E-state index contributed by atoms with van der Waals surface area (Å²) < 4.78 is 25.5. The summed E-state index contributed by atoms with van der Waals surface area (Å²) in [4.78, 5) is 17.4. The number of aromatic amines is 1. The summed E-state index contributed by atoms with van der Waals surface area (Å²) in [5.41, 5.74) is 0.107. The van der Waals surface area contributed by atoms with Gasteiger partial charge in [0, 0.05) is 6.20 Å². The zero-order valence-electron chi connectivity index (χ0n) is 7.50. The van der Waals surface area contributed by atoms with Gasteiger partial charge in [0.25, 0.3) is 5.56 Å². The van der Waals surface area contributed by atoms with Crippen molar-refractivity contribution in [2.45, 2.75) is 0 Å². The molecule has 0 atom stereocenters. The van der Waals surface area contributed by atoms with E-state index in [1.54, 1.807) is 0 Å². The summed E-state index contributed by atoms with van der Waals surface area (Å²) in [5.74, 6) is -1.94. The van der Waals surface area contributed by atoms with Crippen molar-refractivity contribution in [3.8, 4) is 11.1 Å². The maximum absolute atomic E-state index is 12.9. The van der Waals surface area contributed by atoms with Crippen molar-refractivity contribution in [2.75, 3.05) is 0 Å². The Hall–Kier alpha value is -2.04. The monoisotopic (exact) mass is 208 g/mol. The summed E-state index contributed by atoms with van der Waals surface area (Å²) in [5, 5.41) is 0. The second-order valence-electron chi connectivity index (χ2n) is 2.92. The van der Waals surface area contributed by atoms with Crippen molar-refractivity contribution in [3.05, 3.63) is 52.7 Å². The van der Waals surface area contributed by atoms with Gasteiger partial charge in [-0.3, -0.25) is 4.79 Å². The van der Waals surface area contributed by atoms with E-state index < -0.39 is 17.2 Å². The Labute approximate surface area is 83.4 Å². The fourth-order valence-electron chi connectivity index (χ4n) is 1.21. The Morgan fingerprint density at radius 3 is 2.67 bits per heavy atom. The summed E-state index contributed by atoms with van der Waals surface area (Å²) in [6.45, 7) is 0. The third-order valence-electron chi connectivity index (χ3n) is 1.95. The van der Waals surface area contributed by atoms with Crippen LogP contribution in [0.3, 0.4) is 0 Å². The van der Waals surface area contributed by atoms with Crippen molar-refractivity contribution >= 4 is 0 Å². The molecule has 76 valence electrons. The number of aromatic nitrogens is 2. The van der Waals surface area contributed by atoms with Gasteiger partial charge >= 0.3 is 0 Å². The summed E-state index contributed by atoms with van der Waals surface area (Å²) in [6.07, 6.45) is 2.53. The van der Waals surface area contributed by atoms with E-state index in [4.69, 9.17) is 0 Å². The maximum atomic E-state index is 12.9. The maximum Gasteiger partial charge on any atom is 0.258 e. The predicted octanol–water partition coefficient (Wildman–Crippen LogP) is 1.72. The highest BCUT2D eigenvalue weighted by Gasteiger charge is 2.07. The van der Waals surface area contributed by atoms with E-state index in [0.717, 1.165) is 12.1 Å². The molecular weight excluding hydrogens is 202 g/mol. The average Bonchev–Trinajstić information content (AvgIpc) is 2.23. The first-order chi connectivity index (χ1) is 7.18. The Morgan fingerprint density at radius 1 is 1.20 bits per heavy atom. The molecule has 0 spiro atoms. The van der Waals surface area contributed by atoms with Crippen LogP contribution in [0.2, 0.25) is 0 Å². The highest BCUT2D eigenvalue weighted by molar-refractivity contribution is 5.61. The zero-order valence-corrected chi connectivity index (χ0v) is 7.50. The van der Waals surface area contributed by atoms with E-state index in [2.05, 4.69) is 9.97 Å². The van der Waals surface area contributed by atoms with Gasteiger partial charge in [-0.25, -0.2) is 13.8 Å². The van der Waals surface area contributed by atoms with Gasteiger partial charge < -0.3 is 4.98 Å². The van der Waals surface area contributed by atoms with E-state index in [1.807, 2.05) is 0 Å². The lowest BCUT2D eigenvalue weighted by molar-refractivity contribution is 0.509. The minimum absolute atomic E-state index is 0.205. The summed E-state index contributed by atoms with van der Waals surface area (Å²) in [7, 11) is 0. The fraction of sp³-hybridized carbons (Fsp3) is 0. The van der Waals surface area contributed by atoms with Crippen LogP contribution >= 0.6 is 0 Å². The van der Waals surface area contributed by atoms with E-state index in [-0.39, 0.29) is 5.56 Å². The van der Waals surface area contributed by atoms with Crippen LogP contribution in [-0.2, 0) is 0 Å². The van der Waals surface area contributed by atoms with Crippen LogP contribution in [0, 0.1) is 11.6 Å². The highest BCUT2D eigenvalue weighted by atomic mass is 19.2. The molecule has 0 unspecified atom stereocenters. The van der Waals surface area contributed by atoms with Crippen molar-refractivity contribution < 1.29 is 8.78 Å². The van der Waals surface area contributed by atoms with Gasteiger partial charge in [-0.1, -0.05) is 6.07 Å². The largest absolute Gasteiger partial charge is 0.313 e. The number of benzene rings is 1. The van der Waals surface area contributed by atoms with Gasteiger partial charge in [0.1, 0.15) is 0 Å². The Morgan fingerprint density at radius 2 is 2.00 bits per heavy atom. The quantitative estimate of drug-likeness (QED) is 0.775. The first kappa shape index (κ1) is 9.51. The second-order valence-corrected chi connectivity index (χ2v) is 2.92. The first-order valence-corrected chi connectivity index (χ1v) is 4.16. The normalized spacial score (nSPS) is 10.3. The molecule has 5 heteroatoms. The number of H-pyrrole nitrogens is 1. The van der Waals surface area contributed by atoms with E-state index in [0.29, 0.717) is 5.56 Å². The number of nitrogens with one attached hydrogen (secondary N) is 1. The molecule has 0 aliphatic rings. The van der Waals surface area contributed by atoms with E-state index >= 15 is 0 Å². The molecule has 3 nitrogen and oxygen atoms in total. The van der Waals surface area contributed by atoms with Crippen molar-refractivity contribution in [1.82, 2.24) is 9.97 Å². The van der Waals surface area contributed by atoms with Gasteiger partial charge in [0.05, 0.1) is 11.9 Å². The lowest BCUT2D eigenvalue weighted by atomic mass is 10.1. The number of nitrogens with zero attached hydrogens (tertiary/aromatic N) is 1. The molecule has 1 aromatic heterocycles. The molecule has 1 aromatic carbocycles. The van der Waals surface area contributed by atoms with Crippen molar-refractivity contribution in [2.24, 2.45) is 0 Å². The average molecular weight is 208 g/mol. The number of rotatable bonds is 1. The molecule has 0 aliphatic heterocycles. The molecule has 0 fully saturated rings. The minimum atomic E-state index is -0.990. The second kappa shape index (κ2) is 3.61. The molecule has 1 heterocycles. The third kappa shape index (κ3) is 1.76. The smallest absolute Gasteiger partial charge is 0.258 e. The minimum Gasteiger partial charge on any atom is -0.313 e. The molecule has 0 saturated carbocycles. The molecule has 1 N–H and O–H groups in total. The van der Waals surface area contributed by atoms with Crippen LogP contribution in [0.25, 0.3) is 11.1 Å². The standard InChI is InChI=1S/C10H6F2N2O/c11-8-2-1-6(3-9(8)12)7-4-13-5-14-10(7)15/h1-5H,(H,13,14,15). The molecule has 2 aromatic rings. The van der Waals surface area contributed by atoms with Crippen molar-refractivity contribution in [3.63, 3.8) is 0 Å². The Kier molecular flexibility index (Phi) is 2.29. The van der Waals surface area contributed by atoms with Gasteiger partial charge in [-0.15, -0.1) is 0 Å². The van der Waals surface area contributed by atoms with Crippen LogP contribution in [0.1, 0.15) is 0 Å². The fourth-order valence-corrected chi connectivity index (χ4v) is 1.21. The van der Waals surface area contributed by atoms with E-state index in [9.17, 15) is 13.6 Å². The molecule has 0 amide bonds. The SMILES string of the molecule is O=c1[nH]cncc1-c1ccc(F)c(F)c1. The Balaban J connectivity index is 2.60. The lowest BCUT2D eigenvalue weighted by Gasteiger charge is -1.99. The van der Waals surface area contributed by atoms with Crippen LogP contribution in [0.5, 0.6) is 0 Å². The molecule has 0 radical (unpaired) electrons. The summed E-state index contributed by atoms with van der Waals surface area (Å²) in [6, 6.07) is 3.25. The lowest BCUT2D eigenvalue weighted by Crippen LogP contribution is -2.08. The van der Waals surface area contributed by atoms with Gasteiger partial charge in [-0.05, 0) is 17.7 Å². The van der Waals surface area contributed by atoms with Crippen LogP contribution < -0.4 is 5.56 Å². The summed E-state index contributed by atoms with van der Waals surface area (Å²) >= 11 is 0. The highest BCUT2D eigenvalue weighted by Crippen LogP contribution is 2.16. The van der Waals surface area contributed by atoms with Gasteiger partial charge in [-0.2, -0.15) is 0 Å². The van der Waals surface area contributed by atoms with Crippen LogP contribution in [0.4, 0.5) is 8.78 Å². The van der Waals surface area contributed by atoms with Crippen LogP contribution in [0.15, 0.2) is 35.5 Å². The van der Waals surface area contributed by atoms with Gasteiger partial charge in [0.2, 0.25) is 0 Å². The predicted molar refractivity (Wildman–Crippen MR) is 50.2 cm³/mol. The first-order valence-electron chi connectivity index (χ1n) is 4.16. The van der Waals surface area contributed by atoms with Crippen LogP contribution in [-0.4, -0.2) is 9.97 Å². The molecule has 2 rings (SSSR count). The molecule has 0 aliphatic carbocycles. The number of hydrogen-bond acceptors (Lipinski definition) is 2. The molecule has 0 saturated heterocycles. The third-order valence-corrected chi connectivity index (χ3v) is 1.95. The zero-order chi connectivity index (χ0) is 10.8. The molecule has 15 heavy (non-hydrogen) atoms. The van der Waals surface area contributed by atoms with Crippen molar-refractivity contribution in [1.29, 1.82) is 0 Å². The topological polar surface area (TPSA) is 45.8 Å². The molecule has 0 bridgehead atoms. The van der Waals surface area contributed by atoms with Gasteiger partial charge in [0.15, 0.2) is 11.6 Å². The number of hydrogen-bond donors (Lipinski definition) is 1.